The molecule has 0 saturated heterocycles. The predicted molar refractivity (Wildman–Crippen MR) is 54.8 cm³/mol. The van der Waals surface area contributed by atoms with Gasteiger partial charge >= 0.3 is 6.36 Å². The van der Waals surface area contributed by atoms with E-state index in [2.05, 4.69) is 9.72 Å². The van der Waals surface area contributed by atoms with Gasteiger partial charge in [0.15, 0.2) is 0 Å². The van der Waals surface area contributed by atoms with E-state index in [-0.39, 0.29) is 5.56 Å². The van der Waals surface area contributed by atoms with Crippen LogP contribution in [0.1, 0.15) is 23.2 Å². The summed E-state index contributed by atoms with van der Waals surface area (Å²) in [6.45, 7) is 0. The summed E-state index contributed by atoms with van der Waals surface area (Å²) >= 11 is 5.41. The van der Waals surface area contributed by atoms with Crippen LogP contribution in [0.4, 0.5) is 22.0 Å². The number of pyridine rings is 1. The Hall–Kier alpha value is -1.62. The highest BCUT2D eigenvalue weighted by Gasteiger charge is 2.33. The molecule has 0 saturated carbocycles. The zero-order chi connectivity index (χ0) is 14.6. The SMILES string of the molecule is N#CCc1nc(OC(F)(F)F)cc(CCl)c1C(F)F. The van der Waals surface area contributed by atoms with Gasteiger partial charge in [-0.15, -0.1) is 24.8 Å². The first-order chi connectivity index (χ1) is 8.78. The highest BCUT2D eigenvalue weighted by molar-refractivity contribution is 6.17. The summed E-state index contributed by atoms with van der Waals surface area (Å²) in [5, 5.41) is 8.48. The molecule has 0 aliphatic carbocycles. The molecule has 104 valence electrons. The number of nitrogens with zero attached hydrogens (tertiary/aromatic N) is 2. The number of aromatic nitrogens is 1. The molecule has 0 radical (unpaired) electrons. The van der Waals surface area contributed by atoms with Gasteiger partial charge < -0.3 is 4.74 Å². The van der Waals surface area contributed by atoms with E-state index in [4.69, 9.17) is 16.9 Å². The van der Waals surface area contributed by atoms with Crippen molar-refractivity contribution in [2.75, 3.05) is 0 Å². The summed E-state index contributed by atoms with van der Waals surface area (Å²) < 4.78 is 65.3. The van der Waals surface area contributed by atoms with Gasteiger partial charge in [-0.1, -0.05) is 0 Å². The number of rotatable bonds is 4. The molecule has 1 heterocycles. The Bertz CT molecular complexity index is 498. The lowest BCUT2D eigenvalue weighted by Gasteiger charge is -2.14. The molecule has 0 N–H and O–H groups in total. The minimum atomic E-state index is -5.01. The lowest BCUT2D eigenvalue weighted by Crippen LogP contribution is -2.19. The smallest absolute Gasteiger partial charge is 0.388 e. The normalized spacial score (nSPS) is 11.5. The molecule has 1 aromatic rings. The molecule has 9 heteroatoms. The van der Waals surface area contributed by atoms with Crippen LogP contribution in [0.15, 0.2) is 6.07 Å². The molecule has 0 aliphatic heterocycles. The number of alkyl halides is 6. The van der Waals surface area contributed by atoms with Gasteiger partial charge in [-0.3, -0.25) is 0 Å². The molecular formula is C10H6ClF5N2O. The molecule has 1 aromatic heterocycles. The van der Waals surface area contributed by atoms with Crippen LogP contribution < -0.4 is 4.74 Å². The Morgan fingerprint density at radius 3 is 2.47 bits per heavy atom. The molecule has 0 amide bonds. The van der Waals surface area contributed by atoms with Gasteiger partial charge in [0.05, 0.1) is 18.2 Å². The fourth-order valence-corrected chi connectivity index (χ4v) is 1.62. The molecule has 0 fully saturated rings. The Morgan fingerprint density at radius 2 is 2.05 bits per heavy atom. The van der Waals surface area contributed by atoms with E-state index >= 15 is 0 Å². The fraction of sp³-hybridized carbons (Fsp3) is 0.400. The van der Waals surface area contributed by atoms with Crippen LogP contribution in [0.2, 0.25) is 0 Å². The van der Waals surface area contributed by atoms with Gasteiger partial charge in [-0.25, -0.2) is 13.8 Å². The minimum absolute atomic E-state index is 0.254. The van der Waals surface area contributed by atoms with Gasteiger partial charge in [-0.05, 0) is 5.56 Å². The molecule has 1 rings (SSSR count). The second-order valence-corrected chi connectivity index (χ2v) is 3.56. The average molecular weight is 301 g/mol. The first-order valence-corrected chi connectivity index (χ1v) is 5.31. The van der Waals surface area contributed by atoms with Crippen LogP contribution in [0, 0.1) is 11.3 Å². The van der Waals surface area contributed by atoms with Gasteiger partial charge in [0.1, 0.15) is 0 Å². The molecule has 0 aliphatic rings. The summed E-state index contributed by atoms with van der Waals surface area (Å²) in [6.07, 6.45) is -8.57. The highest BCUT2D eigenvalue weighted by Crippen LogP contribution is 2.31. The summed E-state index contributed by atoms with van der Waals surface area (Å²) in [5.41, 5.74) is -1.36. The number of hydrogen-bond acceptors (Lipinski definition) is 3. The van der Waals surface area contributed by atoms with Crippen molar-refractivity contribution in [2.24, 2.45) is 0 Å². The predicted octanol–water partition coefficient (Wildman–Crippen LogP) is 3.72. The lowest BCUT2D eigenvalue weighted by molar-refractivity contribution is -0.276. The van der Waals surface area contributed by atoms with Crippen molar-refractivity contribution in [1.82, 2.24) is 4.98 Å². The van der Waals surface area contributed by atoms with Gasteiger partial charge in [0.25, 0.3) is 6.43 Å². The Kier molecular flexibility index (Phi) is 4.89. The third-order valence-electron chi connectivity index (χ3n) is 2.03. The van der Waals surface area contributed by atoms with Crippen LogP contribution in [0.3, 0.4) is 0 Å². The van der Waals surface area contributed by atoms with Gasteiger partial charge in [-0.2, -0.15) is 5.26 Å². The zero-order valence-electron chi connectivity index (χ0n) is 9.14. The van der Waals surface area contributed by atoms with E-state index < -0.39 is 42.2 Å². The summed E-state index contributed by atoms with van der Waals surface area (Å²) in [7, 11) is 0. The highest BCUT2D eigenvalue weighted by atomic mass is 35.5. The van der Waals surface area contributed by atoms with Crippen molar-refractivity contribution >= 4 is 11.6 Å². The van der Waals surface area contributed by atoms with E-state index in [0.29, 0.717) is 6.07 Å². The molecular weight excluding hydrogens is 295 g/mol. The first-order valence-electron chi connectivity index (χ1n) is 4.78. The first kappa shape index (κ1) is 15.4. The Morgan fingerprint density at radius 1 is 1.42 bits per heavy atom. The minimum Gasteiger partial charge on any atom is -0.388 e. The quantitative estimate of drug-likeness (QED) is 0.629. The fourth-order valence-electron chi connectivity index (χ4n) is 1.39. The van der Waals surface area contributed by atoms with E-state index in [1.807, 2.05) is 0 Å². The van der Waals surface area contributed by atoms with E-state index in [1.54, 1.807) is 6.07 Å². The number of halogens is 6. The van der Waals surface area contributed by atoms with Crippen molar-refractivity contribution in [1.29, 1.82) is 5.26 Å². The van der Waals surface area contributed by atoms with E-state index in [9.17, 15) is 22.0 Å². The van der Waals surface area contributed by atoms with Gasteiger partial charge in [0.2, 0.25) is 5.88 Å². The van der Waals surface area contributed by atoms with Crippen LogP contribution in [-0.2, 0) is 12.3 Å². The number of hydrogen-bond donors (Lipinski definition) is 0. The summed E-state index contributed by atoms with van der Waals surface area (Å²) in [4.78, 5) is 3.27. The monoisotopic (exact) mass is 300 g/mol. The molecule has 0 spiro atoms. The standard InChI is InChI=1S/C10H6ClF5N2O/c11-4-5-3-7(19-10(14,15)16)18-6(1-2-17)8(5)9(12)13/h3,9H,1,4H2. The van der Waals surface area contributed by atoms with Gasteiger partial charge in [0, 0.05) is 17.5 Å². The second kappa shape index (κ2) is 6.02. The van der Waals surface area contributed by atoms with Crippen molar-refractivity contribution in [2.45, 2.75) is 25.1 Å². The van der Waals surface area contributed by atoms with Crippen molar-refractivity contribution in [3.63, 3.8) is 0 Å². The maximum Gasteiger partial charge on any atom is 0.574 e. The molecule has 0 unspecified atom stereocenters. The average Bonchev–Trinajstić information content (AvgIpc) is 2.25. The van der Waals surface area contributed by atoms with Crippen molar-refractivity contribution < 1.29 is 26.7 Å². The molecule has 3 nitrogen and oxygen atoms in total. The largest absolute Gasteiger partial charge is 0.574 e. The number of nitriles is 1. The van der Waals surface area contributed by atoms with Crippen LogP contribution in [0.25, 0.3) is 0 Å². The third-order valence-corrected chi connectivity index (χ3v) is 2.32. The summed E-state index contributed by atoms with van der Waals surface area (Å²) in [6, 6.07) is 2.23. The topological polar surface area (TPSA) is 45.9 Å². The second-order valence-electron chi connectivity index (χ2n) is 3.30. The third kappa shape index (κ3) is 4.21. The lowest BCUT2D eigenvalue weighted by atomic mass is 10.1. The zero-order valence-corrected chi connectivity index (χ0v) is 9.90. The van der Waals surface area contributed by atoms with E-state index in [0.717, 1.165) is 0 Å². The molecule has 0 bridgehead atoms. The van der Waals surface area contributed by atoms with Crippen LogP contribution in [-0.4, -0.2) is 11.3 Å². The van der Waals surface area contributed by atoms with Crippen molar-refractivity contribution in [3.8, 4) is 11.9 Å². The summed E-state index contributed by atoms with van der Waals surface area (Å²) in [5.74, 6) is -1.37. The maximum atomic E-state index is 12.8. The van der Waals surface area contributed by atoms with Crippen molar-refractivity contribution in [3.05, 3.63) is 22.9 Å². The number of ether oxygens (including phenoxy) is 1. The Balaban J connectivity index is 3.32. The molecule has 0 aromatic carbocycles. The van der Waals surface area contributed by atoms with Crippen LogP contribution in [0.5, 0.6) is 5.88 Å². The molecule has 19 heavy (non-hydrogen) atoms. The van der Waals surface area contributed by atoms with Crippen LogP contribution >= 0.6 is 11.6 Å². The maximum absolute atomic E-state index is 12.8. The van der Waals surface area contributed by atoms with E-state index in [1.165, 1.54) is 0 Å². The molecule has 0 atom stereocenters. The Labute approximate surface area is 109 Å².